The lowest BCUT2D eigenvalue weighted by atomic mass is 10.1. The van der Waals surface area contributed by atoms with Gasteiger partial charge in [0.2, 0.25) is 0 Å². The topological polar surface area (TPSA) is 46.2 Å². The van der Waals surface area contributed by atoms with Gasteiger partial charge in [-0.25, -0.2) is 0 Å². The summed E-state index contributed by atoms with van der Waals surface area (Å²) in [5.74, 6) is -0.601. The first-order valence-electron chi connectivity index (χ1n) is 3.24. The molecule has 0 unspecified atom stereocenters. The number of rotatable bonds is 0. The van der Waals surface area contributed by atoms with Crippen LogP contribution in [0.25, 0.3) is 0 Å². The van der Waals surface area contributed by atoms with Crippen molar-refractivity contribution in [1.29, 1.82) is 0 Å². The van der Waals surface area contributed by atoms with Crippen LogP contribution < -0.4 is 5.32 Å². The first kappa shape index (κ1) is 9.18. The minimum atomic E-state index is -0.300. The number of halogens is 1. The Morgan fingerprint density at radius 3 is 1.75 bits per heavy atom. The van der Waals surface area contributed by atoms with Crippen molar-refractivity contribution in [2.24, 2.45) is 0 Å². The molecule has 1 heterocycles. The Morgan fingerprint density at radius 1 is 0.917 bits per heavy atom. The lowest BCUT2D eigenvalue weighted by Gasteiger charge is -1.88. The number of nitrogens with one attached hydrogen (secondary N) is 1. The minimum Gasteiger partial charge on any atom is -0.288 e. The molecule has 62 valence electrons. The number of benzene rings is 1. The number of hydrogen-bond acceptors (Lipinski definition) is 2. The van der Waals surface area contributed by atoms with Gasteiger partial charge in [0.25, 0.3) is 11.8 Å². The lowest BCUT2D eigenvalue weighted by molar-refractivity contribution is 0.0879. The van der Waals surface area contributed by atoms with Crippen molar-refractivity contribution < 1.29 is 9.59 Å². The second-order valence-electron chi connectivity index (χ2n) is 2.33. The Balaban J connectivity index is 0.000000720. The zero-order chi connectivity index (χ0) is 7.84. The summed E-state index contributed by atoms with van der Waals surface area (Å²) < 4.78 is 0. The van der Waals surface area contributed by atoms with Gasteiger partial charge in [0.1, 0.15) is 0 Å². The van der Waals surface area contributed by atoms with Gasteiger partial charge in [0.15, 0.2) is 0 Å². The molecule has 2 rings (SSSR count). The monoisotopic (exact) mass is 275 g/mol. The summed E-state index contributed by atoms with van der Waals surface area (Å²) in [7, 11) is 0. The first-order chi connectivity index (χ1) is 5.29. The van der Waals surface area contributed by atoms with Gasteiger partial charge in [0, 0.05) is 0 Å². The molecule has 2 amide bonds. The number of fused-ring (bicyclic) bond motifs is 1. The molecule has 0 aliphatic carbocycles. The van der Waals surface area contributed by atoms with Crippen LogP contribution in [0.15, 0.2) is 24.3 Å². The van der Waals surface area contributed by atoms with E-state index >= 15 is 0 Å². The van der Waals surface area contributed by atoms with E-state index in [1.807, 2.05) is 0 Å². The van der Waals surface area contributed by atoms with E-state index in [2.05, 4.69) is 5.32 Å². The van der Waals surface area contributed by atoms with Crippen molar-refractivity contribution in [3.63, 3.8) is 0 Å². The van der Waals surface area contributed by atoms with Gasteiger partial charge in [-0.3, -0.25) is 14.9 Å². The van der Waals surface area contributed by atoms with Crippen LogP contribution in [0.2, 0.25) is 0 Å². The van der Waals surface area contributed by atoms with E-state index in [-0.39, 0.29) is 35.8 Å². The molecule has 12 heavy (non-hydrogen) atoms. The maximum Gasteiger partial charge on any atom is 0.258 e. The summed E-state index contributed by atoms with van der Waals surface area (Å²) >= 11 is 0. The molecule has 0 saturated carbocycles. The van der Waals surface area contributed by atoms with Crippen molar-refractivity contribution >= 4 is 35.8 Å². The molecule has 0 bridgehead atoms. The Kier molecular flexibility index (Phi) is 2.46. The van der Waals surface area contributed by atoms with Gasteiger partial charge in [-0.15, -0.1) is 24.0 Å². The molecule has 0 spiro atoms. The maximum atomic E-state index is 10.9. The summed E-state index contributed by atoms with van der Waals surface area (Å²) in [6.07, 6.45) is 0. The summed E-state index contributed by atoms with van der Waals surface area (Å²) in [6.45, 7) is 0. The van der Waals surface area contributed by atoms with Gasteiger partial charge in [-0.2, -0.15) is 0 Å². The molecule has 0 aromatic heterocycles. The van der Waals surface area contributed by atoms with E-state index in [1.54, 1.807) is 24.3 Å². The second-order valence-corrected chi connectivity index (χ2v) is 2.33. The lowest BCUT2D eigenvalue weighted by Crippen LogP contribution is -2.19. The van der Waals surface area contributed by atoms with Crippen LogP contribution in [0.3, 0.4) is 0 Å². The van der Waals surface area contributed by atoms with E-state index in [0.29, 0.717) is 11.1 Å². The molecule has 1 aliphatic heterocycles. The standard InChI is InChI=1S/C8H5NO2.HI/c10-7-5-3-1-2-4-6(5)8(11)9-7;/h1-4H,(H,9,10,11);1H. The smallest absolute Gasteiger partial charge is 0.258 e. The van der Waals surface area contributed by atoms with Gasteiger partial charge in [-0.1, -0.05) is 12.1 Å². The zero-order valence-corrected chi connectivity index (χ0v) is 8.36. The summed E-state index contributed by atoms with van der Waals surface area (Å²) in [5.41, 5.74) is 0.940. The molecule has 3 nitrogen and oxygen atoms in total. The van der Waals surface area contributed by atoms with Gasteiger partial charge >= 0.3 is 0 Å². The third-order valence-corrected chi connectivity index (χ3v) is 1.64. The van der Waals surface area contributed by atoms with Gasteiger partial charge in [0.05, 0.1) is 11.1 Å². The molecule has 1 N–H and O–H groups in total. The Bertz CT molecular complexity index is 316. The summed E-state index contributed by atoms with van der Waals surface area (Å²) in [4.78, 5) is 21.9. The van der Waals surface area contributed by atoms with Crippen LogP contribution in [-0.2, 0) is 0 Å². The average molecular weight is 275 g/mol. The summed E-state index contributed by atoms with van der Waals surface area (Å²) in [6, 6.07) is 6.74. The SMILES string of the molecule is I.O=C1NC(=O)c2ccccc21. The van der Waals surface area contributed by atoms with Crippen LogP contribution in [0, 0.1) is 0 Å². The van der Waals surface area contributed by atoms with E-state index in [9.17, 15) is 9.59 Å². The number of hydrogen-bond donors (Lipinski definition) is 1. The quantitative estimate of drug-likeness (QED) is 0.571. The highest BCUT2D eigenvalue weighted by Crippen LogP contribution is 2.13. The molecule has 4 heteroatoms. The predicted molar refractivity (Wildman–Crippen MR) is 53.7 cm³/mol. The molecule has 1 aromatic carbocycles. The zero-order valence-electron chi connectivity index (χ0n) is 6.03. The van der Waals surface area contributed by atoms with Crippen molar-refractivity contribution in [3.05, 3.63) is 35.4 Å². The maximum absolute atomic E-state index is 10.9. The fourth-order valence-electron chi connectivity index (χ4n) is 1.12. The average Bonchev–Trinajstić information content (AvgIpc) is 2.30. The molecular weight excluding hydrogens is 269 g/mol. The molecule has 0 radical (unpaired) electrons. The number of carbonyl (C=O) groups excluding carboxylic acids is 2. The third-order valence-electron chi connectivity index (χ3n) is 1.64. The van der Waals surface area contributed by atoms with Crippen molar-refractivity contribution in [2.45, 2.75) is 0 Å². The molecule has 1 aromatic rings. The second kappa shape index (κ2) is 3.22. The van der Waals surface area contributed by atoms with E-state index in [0.717, 1.165) is 0 Å². The largest absolute Gasteiger partial charge is 0.288 e. The predicted octanol–water partition coefficient (Wildman–Crippen LogP) is 1.19. The number of imide groups is 1. The molecule has 0 atom stereocenters. The minimum absolute atomic E-state index is 0. The van der Waals surface area contributed by atoms with Crippen molar-refractivity contribution in [2.75, 3.05) is 0 Å². The molecular formula is C8H6INO2. The Morgan fingerprint density at radius 2 is 1.33 bits per heavy atom. The fourth-order valence-corrected chi connectivity index (χ4v) is 1.12. The highest BCUT2D eigenvalue weighted by Gasteiger charge is 2.25. The van der Waals surface area contributed by atoms with Crippen LogP contribution in [0.5, 0.6) is 0 Å². The Hall–Kier alpha value is -0.910. The van der Waals surface area contributed by atoms with Crippen molar-refractivity contribution in [1.82, 2.24) is 5.32 Å². The third kappa shape index (κ3) is 1.22. The molecule has 0 fully saturated rings. The molecule has 1 aliphatic rings. The number of carbonyl (C=O) groups is 2. The van der Waals surface area contributed by atoms with Gasteiger partial charge in [-0.05, 0) is 12.1 Å². The van der Waals surface area contributed by atoms with Crippen LogP contribution in [0.1, 0.15) is 20.7 Å². The molecule has 0 saturated heterocycles. The van der Waals surface area contributed by atoms with E-state index in [1.165, 1.54) is 0 Å². The van der Waals surface area contributed by atoms with Crippen molar-refractivity contribution in [3.8, 4) is 0 Å². The van der Waals surface area contributed by atoms with Crippen LogP contribution >= 0.6 is 24.0 Å². The highest BCUT2D eigenvalue weighted by molar-refractivity contribution is 14.0. The van der Waals surface area contributed by atoms with E-state index < -0.39 is 0 Å². The Labute approximate surface area is 86.2 Å². The summed E-state index contributed by atoms with van der Waals surface area (Å²) in [5, 5.41) is 2.20. The highest BCUT2D eigenvalue weighted by atomic mass is 127. The normalized spacial score (nSPS) is 13.3. The van der Waals surface area contributed by atoms with Gasteiger partial charge < -0.3 is 0 Å². The number of amides is 2. The van der Waals surface area contributed by atoms with Crippen LogP contribution in [-0.4, -0.2) is 11.8 Å². The first-order valence-corrected chi connectivity index (χ1v) is 3.24. The fraction of sp³-hybridized carbons (Fsp3) is 0. The van der Waals surface area contributed by atoms with E-state index in [4.69, 9.17) is 0 Å². The van der Waals surface area contributed by atoms with Crippen LogP contribution in [0.4, 0.5) is 0 Å².